The van der Waals surface area contributed by atoms with Crippen molar-refractivity contribution in [1.29, 1.82) is 0 Å². The highest BCUT2D eigenvalue weighted by Gasteiger charge is 2.36. The summed E-state index contributed by atoms with van der Waals surface area (Å²) in [6, 6.07) is 1.53. The Morgan fingerprint density at radius 2 is 2.06 bits per heavy atom. The summed E-state index contributed by atoms with van der Waals surface area (Å²) >= 11 is 5.91. The van der Waals surface area contributed by atoms with E-state index in [4.69, 9.17) is 11.6 Å². The number of fused-ring (bicyclic) bond motifs is 1. The lowest BCUT2D eigenvalue weighted by Gasteiger charge is -2.10. The highest BCUT2D eigenvalue weighted by molar-refractivity contribution is 6.30. The predicted molar refractivity (Wildman–Crippen MR) is 61.7 cm³/mol. The third-order valence-electron chi connectivity index (χ3n) is 2.59. The Morgan fingerprint density at radius 3 is 2.61 bits per heavy atom. The first-order chi connectivity index (χ1) is 8.34. The molecule has 0 saturated carbocycles. The lowest BCUT2D eigenvalue weighted by Crippen LogP contribution is -2.13. The van der Waals surface area contributed by atoms with Crippen molar-refractivity contribution >= 4 is 17.2 Å². The average Bonchev–Trinajstić information content (AvgIpc) is 2.65. The first-order valence-electron chi connectivity index (χ1n) is 5.46. The van der Waals surface area contributed by atoms with Crippen LogP contribution in [-0.2, 0) is 12.6 Å². The number of hydrogen-bond acceptors (Lipinski definition) is 2. The predicted octanol–water partition coefficient (Wildman–Crippen LogP) is 3.66. The lowest BCUT2D eigenvalue weighted by atomic mass is 10.2. The molecule has 0 fully saturated rings. The van der Waals surface area contributed by atoms with Gasteiger partial charge >= 0.3 is 6.18 Å². The first kappa shape index (κ1) is 13.1. The summed E-state index contributed by atoms with van der Waals surface area (Å²) < 4.78 is 39.5. The Kier molecular flexibility index (Phi) is 3.23. The second-order valence-corrected chi connectivity index (χ2v) is 4.39. The molecule has 0 aliphatic carbocycles. The molecular weight excluding hydrogens is 267 g/mol. The van der Waals surface area contributed by atoms with Gasteiger partial charge in [0, 0.05) is 11.6 Å². The van der Waals surface area contributed by atoms with Gasteiger partial charge in [0.2, 0.25) is 0 Å². The average molecular weight is 278 g/mol. The monoisotopic (exact) mass is 277 g/mol. The van der Waals surface area contributed by atoms with Gasteiger partial charge < -0.3 is 0 Å². The summed E-state index contributed by atoms with van der Waals surface area (Å²) in [5, 5.41) is 4.09. The number of alkyl halides is 3. The Labute approximate surface area is 107 Å². The topological polar surface area (TPSA) is 30.2 Å². The van der Waals surface area contributed by atoms with Crippen molar-refractivity contribution in [3.05, 3.63) is 28.2 Å². The van der Waals surface area contributed by atoms with Gasteiger partial charge in [0.1, 0.15) is 5.15 Å². The van der Waals surface area contributed by atoms with Crippen molar-refractivity contribution < 1.29 is 13.2 Å². The molecule has 0 aliphatic heterocycles. The fourth-order valence-corrected chi connectivity index (χ4v) is 1.97. The van der Waals surface area contributed by atoms with E-state index in [1.165, 1.54) is 17.5 Å². The van der Waals surface area contributed by atoms with Crippen molar-refractivity contribution in [2.24, 2.45) is 0 Å². The standard InChI is InChI=1S/C11H11ClF3N3/c1-3-4-7-5-8-16-9(11(13,14)15)6(2)10(12)18(8)17-7/h5H,3-4H2,1-2H3. The normalized spacial score (nSPS) is 12.3. The summed E-state index contributed by atoms with van der Waals surface area (Å²) in [4.78, 5) is 3.60. The van der Waals surface area contributed by atoms with Crippen LogP contribution in [0.3, 0.4) is 0 Å². The van der Waals surface area contributed by atoms with E-state index in [1.807, 2.05) is 6.92 Å². The molecule has 0 unspecified atom stereocenters. The second kappa shape index (κ2) is 4.42. The third kappa shape index (κ3) is 2.16. The quantitative estimate of drug-likeness (QED) is 0.784. The summed E-state index contributed by atoms with van der Waals surface area (Å²) in [6.07, 6.45) is -2.97. The fourth-order valence-electron chi connectivity index (χ4n) is 1.75. The van der Waals surface area contributed by atoms with E-state index in [0.717, 1.165) is 6.42 Å². The van der Waals surface area contributed by atoms with Crippen molar-refractivity contribution in [3.63, 3.8) is 0 Å². The van der Waals surface area contributed by atoms with Gasteiger partial charge in [0.15, 0.2) is 11.3 Å². The minimum absolute atomic E-state index is 0.0466. The molecule has 0 spiro atoms. The molecule has 18 heavy (non-hydrogen) atoms. The van der Waals surface area contributed by atoms with Gasteiger partial charge in [-0.25, -0.2) is 9.50 Å². The van der Waals surface area contributed by atoms with E-state index >= 15 is 0 Å². The smallest absolute Gasteiger partial charge is 0.224 e. The van der Waals surface area contributed by atoms with Crippen LogP contribution in [0, 0.1) is 6.92 Å². The van der Waals surface area contributed by atoms with Gasteiger partial charge in [0.05, 0.1) is 5.69 Å². The maximum absolute atomic E-state index is 12.8. The number of rotatable bonds is 2. The Morgan fingerprint density at radius 1 is 1.39 bits per heavy atom. The van der Waals surface area contributed by atoms with E-state index in [2.05, 4.69) is 10.1 Å². The highest BCUT2D eigenvalue weighted by atomic mass is 35.5. The number of aromatic nitrogens is 3. The molecule has 0 radical (unpaired) electrons. The molecule has 98 valence electrons. The minimum Gasteiger partial charge on any atom is -0.224 e. The maximum atomic E-state index is 12.8. The second-order valence-electron chi connectivity index (χ2n) is 4.03. The molecule has 3 nitrogen and oxygen atoms in total. The fraction of sp³-hybridized carbons (Fsp3) is 0.455. The third-order valence-corrected chi connectivity index (χ3v) is 3.04. The zero-order valence-electron chi connectivity index (χ0n) is 9.85. The molecule has 2 rings (SSSR count). The zero-order chi connectivity index (χ0) is 13.5. The Balaban J connectivity index is 2.68. The summed E-state index contributed by atoms with van der Waals surface area (Å²) in [5.74, 6) is 0. The summed E-state index contributed by atoms with van der Waals surface area (Å²) in [5.41, 5.74) is -0.252. The summed E-state index contributed by atoms with van der Waals surface area (Å²) in [7, 11) is 0. The van der Waals surface area contributed by atoms with E-state index < -0.39 is 11.9 Å². The molecule has 0 bridgehead atoms. The number of nitrogens with zero attached hydrogens (tertiary/aromatic N) is 3. The molecule has 0 aromatic carbocycles. The molecule has 2 heterocycles. The molecule has 0 aliphatic rings. The van der Waals surface area contributed by atoms with Crippen LogP contribution in [-0.4, -0.2) is 14.6 Å². The van der Waals surface area contributed by atoms with Gasteiger partial charge in [-0.05, 0) is 13.3 Å². The van der Waals surface area contributed by atoms with E-state index in [0.29, 0.717) is 12.1 Å². The van der Waals surface area contributed by atoms with Crippen LogP contribution in [0.4, 0.5) is 13.2 Å². The van der Waals surface area contributed by atoms with Crippen LogP contribution in [0.1, 0.15) is 30.3 Å². The van der Waals surface area contributed by atoms with Gasteiger partial charge in [-0.15, -0.1) is 0 Å². The Hall–Kier alpha value is -1.30. The molecule has 2 aromatic heterocycles. The van der Waals surface area contributed by atoms with E-state index in [-0.39, 0.29) is 16.4 Å². The van der Waals surface area contributed by atoms with Crippen molar-refractivity contribution in [2.45, 2.75) is 32.9 Å². The van der Waals surface area contributed by atoms with Crippen LogP contribution in [0.15, 0.2) is 6.07 Å². The number of halogens is 4. The molecular formula is C11H11ClF3N3. The van der Waals surface area contributed by atoms with Crippen LogP contribution >= 0.6 is 11.6 Å². The van der Waals surface area contributed by atoms with Crippen LogP contribution in [0.5, 0.6) is 0 Å². The van der Waals surface area contributed by atoms with Crippen molar-refractivity contribution in [1.82, 2.24) is 14.6 Å². The van der Waals surface area contributed by atoms with Crippen LogP contribution in [0.25, 0.3) is 5.65 Å². The molecule has 7 heteroatoms. The molecule has 0 amide bonds. The lowest BCUT2D eigenvalue weighted by molar-refractivity contribution is -0.141. The summed E-state index contributed by atoms with van der Waals surface area (Å²) in [6.45, 7) is 3.25. The molecule has 0 saturated heterocycles. The molecule has 2 aromatic rings. The first-order valence-corrected chi connectivity index (χ1v) is 5.84. The van der Waals surface area contributed by atoms with Crippen LogP contribution in [0.2, 0.25) is 5.15 Å². The van der Waals surface area contributed by atoms with E-state index in [1.54, 1.807) is 0 Å². The van der Waals surface area contributed by atoms with Crippen molar-refractivity contribution in [2.75, 3.05) is 0 Å². The van der Waals surface area contributed by atoms with Crippen LogP contribution < -0.4 is 0 Å². The molecule has 0 atom stereocenters. The van der Waals surface area contributed by atoms with Gasteiger partial charge in [0.25, 0.3) is 0 Å². The highest BCUT2D eigenvalue weighted by Crippen LogP contribution is 2.33. The van der Waals surface area contributed by atoms with E-state index in [9.17, 15) is 13.2 Å². The number of aryl methyl sites for hydroxylation is 1. The van der Waals surface area contributed by atoms with Gasteiger partial charge in [-0.1, -0.05) is 24.9 Å². The molecule has 0 N–H and O–H groups in total. The minimum atomic E-state index is -4.51. The van der Waals surface area contributed by atoms with Gasteiger partial charge in [-0.3, -0.25) is 0 Å². The van der Waals surface area contributed by atoms with Gasteiger partial charge in [-0.2, -0.15) is 18.3 Å². The Bertz CT molecular complexity index is 589. The SMILES string of the molecule is CCCc1cc2nc(C(F)(F)F)c(C)c(Cl)n2n1. The zero-order valence-corrected chi connectivity index (χ0v) is 10.6. The van der Waals surface area contributed by atoms with Crippen molar-refractivity contribution in [3.8, 4) is 0 Å². The maximum Gasteiger partial charge on any atom is 0.433 e. The number of hydrogen-bond donors (Lipinski definition) is 0. The largest absolute Gasteiger partial charge is 0.433 e.